The van der Waals surface area contributed by atoms with Gasteiger partial charge in [-0.25, -0.2) is 0 Å². The van der Waals surface area contributed by atoms with E-state index in [1.54, 1.807) is 0 Å². The average Bonchev–Trinajstić information content (AvgIpc) is 2.13. The van der Waals surface area contributed by atoms with Crippen LogP contribution in [0.5, 0.6) is 0 Å². The summed E-state index contributed by atoms with van der Waals surface area (Å²) >= 11 is 0. The normalized spacial score (nSPS) is 14.7. The van der Waals surface area contributed by atoms with E-state index in [-0.39, 0.29) is 25.0 Å². The van der Waals surface area contributed by atoms with Crippen LogP contribution in [0.25, 0.3) is 0 Å². The molecular weight excluding hydrogens is 196 g/mol. The molecule has 2 atom stereocenters. The maximum Gasteiger partial charge on any atom is 0.313 e. The summed E-state index contributed by atoms with van der Waals surface area (Å²) in [5.74, 6) is -0.347. The van der Waals surface area contributed by atoms with Crippen LogP contribution in [0, 0.1) is 5.92 Å². The van der Waals surface area contributed by atoms with Crippen LogP contribution in [0.1, 0.15) is 33.6 Å². The second kappa shape index (κ2) is 7.36. The summed E-state index contributed by atoms with van der Waals surface area (Å²) in [6.45, 7) is 6.12. The first-order chi connectivity index (χ1) is 6.97. The molecule has 0 bridgehead atoms. The fraction of sp³-hybridized carbons (Fsp3) is 0.800. The van der Waals surface area contributed by atoms with Crippen molar-refractivity contribution in [1.82, 2.24) is 5.32 Å². The first-order valence-electron chi connectivity index (χ1n) is 5.12. The highest BCUT2D eigenvalue weighted by molar-refractivity contribution is 5.76. The molecule has 0 spiro atoms. The molecule has 0 heterocycles. The van der Waals surface area contributed by atoms with Crippen molar-refractivity contribution in [3.63, 3.8) is 0 Å². The van der Waals surface area contributed by atoms with E-state index in [4.69, 9.17) is 5.73 Å². The van der Waals surface area contributed by atoms with Crippen LogP contribution in [0.3, 0.4) is 0 Å². The lowest BCUT2D eigenvalue weighted by atomic mass is 10.0. The molecule has 0 amide bonds. The number of carbonyl (C=O) groups excluding carboxylic acids is 2. The van der Waals surface area contributed by atoms with Gasteiger partial charge in [-0.15, -0.1) is 0 Å². The molecule has 0 aromatic carbocycles. The van der Waals surface area contributed by atoms with Gasteiger partial charge in [0.25, 0.3) is 0 Å². The highest BCUT2D eigenvalue weighted by Crippen LogP contribution is 2.08. The van der Waals surface area contributed by atoms with E-state index >= 15 is 0 Å². The molecule has 0 radical (unpaired) electrons. The molecule has 88 valence electrons. The van der Waals surface area contributed by atoms with E-state index < -0.39 is 5.97 Å². The lowest BCUT2D eigenvalue weighted by Gasteiger charge is -2.22. The van der Waals surface area contributed by atoms with Gasteiger partial charge in [-0.3, -0.25) is 14.9 Å². The molecule has 0 aliphatic carbocycles. The molecule has 0 rings (SSSR count). The fourth-order valence-electron chi connectivity index (χ4n) is 1.19. The van der Waals surface area contributed by atoms with Crippen LogP contribution in [0.4, 0.5) is 0 Å². The third-order valence-electron chi connectivity index (χ3n) is 2.12. The zero-order chi connectivity index (χ0) is 11.8. The molecule has 15 heavy (non-hydrogen) atoms. The molecule has 5 heteroatoms. The maximum atomic E-state index is 10.9. The van der Waals surface area contributed by atoms with E-state index in [0.717, 1.165) is 0 Å². The molecule has 0 aliphatic rings. The number of hydrogen-bond acceptors (Lipinski definition) is 5. The Bertz CT molecular complexity index is 207. The summed E-state index contributed by atoms with van der Waals surface area (Å²) in [7, 11) is 0. The summed E-state index contributed by atoms with van der Waals surface area (Å²) in [6, 6.07) is 0.310. The van der Waals surface area contributed by atoms with Crippen LogP contribution in [-0.4, -0.2) is 24.6 Å². The van der Waals surface area contributed by atoms with Gasteiger partial charge in [-0.05, 0) is 26.2 Å². The number of nitrogens with two attached hydrogens (primary N) is 1. The van der Waals surface area contributed by atoms with Gasteiger partial charge in [0, 0.05) is 12.5 Å². The predicted octanol–water partition coefficient (Wildman–Crippen LogP) is 0.385. The Hall–Kier alpha value is -0.940. The van der Waals surface area contributed by atoms with Gasteiger partial charge in [0.15, 0.2) is 0 Å². The Labute approximate surface area is 90.4 Å². The quantitative estimate of drug-likeness (QED) is 0.278. The minimum Gasteiger partial charge on any atom is -0.395 e. The third kappa shape index (κ3) is 7.04. The molecule has 0 aliphatic heterocycles. The van der Waals surface area contributed by atoms with Gasteiger partial charge < -0.3 is 10.5 Å². The molecule has 0 aromatic heterocycles. The lowest BCUT2D eigenvalue weighted by molar-refractivity contribution is -0.151. The number of hydrogen-bond donors (Lipinski definition) is 2. The van der Waals surface area contributed by atoms with Crippen LogP contribution < -0.4 is 11.1 Å². The summed E-state index contributed by atoms with van der Waals surface area (Å²) in [6.07, 6.45) is 0.676. The summed E-state index contributed by atoms with van der Waals surface area (Å²) < 4.78 is 4.17. The molecule has 3 N–H and O–H groups in total. The Morgan fingerprint density at radius 1 is 1.47 bits per heavy atom. The second-order valence-electron chi connectivity index (χ2n) is 3.95. The Morgan fingerprint density at radius 3 is 2.53 bits per heavy atom. The molecule has 0 saturated heterocycles. The van der Waals surface area contributed by atoms with Crippen LogP contribution >= 0.6 is 0 Å². The van der Waals surface area contributed by atoms with Gasteiger partial charge in [-0.2, -0.15) is 0 Å². The SMILES string of the molecule is CC(C)NC(N)C(C)CCC(=O)OC=O. The lowest BCUT2D eigenvalue weighted by Crippen LogP contribution is -2.46. The highest BCUT2D eigenvalue weighted by atomic mass is 16.6. The van der Waals surface area contributed by atoms with Crippen molar-refractivity contribution in [2.45, 2.75) is 45.8 Å². The van der Waals surface area contributed by atoms with E-state index in [1.165, 1.54) is 0 Å². The molecule has 0 fully saturated rings. The van der Waals surface area contributed by atoms with Crippen molar-refractivity contribution >= 4 is 12.4 Å². The van der Waals surface area contributed by atoms with Gasteiger partial charge in [0.1, 0.15) is 0 Å². The van der Waals surface area contributed by atoms with Crippen molar-refractivity contribution < 1.29 is 14.3 Å². The van der Waals surface area contributed by atoms with Gasteiger partial charge in [0.2, 0.25) is 0 Å². The minimum atomic E-state index is -0.506. The Morgan fingerprint density at radius 2 is 2.07 bits per heavy atom. The average molecular weight is 216 g/mol. The minimum absolute atomic E-state index is 0.144. The first kappa shape index (κ1) is 14.1. The van der Waals surface area contributed by atoms with Crippen molar-refractivity contribution in [1.29, 1.82) is 0 Å². The molecule has 5 nitrogen and oxygen atoms in total. The van der Waals surface area contributed by atoms with Crippen molar-refractivity contribution in [3.05, 3.63) is 0 Å². The number of rotatable bonds is 7. The zero-order valence-corrected chi connectivity index (χ0v) is 9.53. The zero-order valence-electron chi connectivity index (χ0n) is 9.53. The van der Waals surface area contributed by atoms with E-state index in [0.29, 0.717) is 12.5 Å². The number of ether oxygens (including phenoxy) is 1. The van der Waals surface area contributed by atoms with Crippen LogP contribution in [0.15, 0.2) is 0 Å². The third-order valence-corrected chi connectivity index (χ3v) is 2.12. The smallest absolute Gasteiger partial charge is 0.313 e. The first-order valence-corrected chi connectivity index (χ1v) is 5.12. The maximum absolute atomic E-state index is 10.9. The van der Waals surface area contributed by atoms with E-state index in [9.17, 15) is 9.59 Å². The van der Waals surface area contributed by atoms with Crippen molar-refractivity contribution in [3.8, 4) is 0 Å². The van der Waals surface area contributed by atoms with E-state index in [1.807, 2.05) is 20.8 Å². The number of nitrogens with one attached hydrogen (secondary N) is 1. The largest absolute Gasteiger partial charge is 0.395 e. The topological polar surface area (TPSA) is 81.4 Å². The second-order valence-corrected chi connectivity index (χ2v) is 3.95. The predicted molar refractivity (Wildman–Crippen MR) is 56.8 cm³/mol. The van der Waals surface area contributed by atoms with Crippen LogP contribution in [0.2, 0.25) is 0 Å². The molecule has 2 unspecified atom stereocenters. The summed E-state index contributed by atoms with van der Waals surface area (Å²) in [5, 5.41) is 3.15. The molecular formula is C10H20N2O3. The van der Waals surface area contributed by atoms with Crippen molar-refractivity contribution in [2.24, 2.45) is 11.7 Å². The molecule has 0 saturated carbocycles. The highest BCUT2D eigenvalue weighted by Gasteiger charge is 2.15. The summed E-state index contributed by atoms with van der Waals surface area (Å²) in [4.78, 5) is 20.7. The van der Waals surface area contributed by atoms with Gasteiger partial charge in [0.05, 0.1) is 6.17 Å². The molecule has 0 aromatic rings. The Balaban J connectivity index is 3.76. The Kier molecular flexibility index (Phi) is 6.90. The van der Waals surface area contributed by atoms with Gasteiger partial charge >= 0.3 is 12.4 Å². The summed E-state index contributed by atoms with van der Waals surface area (Å²) in [5.41, 5.74) is 5.85. The monoisotopic (exact) mass is 216 g/mol. The number of carbonyl (C=O) groups is 2. The van der Waals surface area contributed by atoms with E-state index in [2.05, 4.69) is 10.1 Å². The van der Waals surface area contributed by atoms with Crippen LogP contribution in [-0.2, 0) is 14.3 Å². The standard InChI is InChI=1S/C10H20N2O3/c1-7(2)12-10(11)8(3)4-5-9(14)15-6-13/h6-8,10,12H,4-5,11H2,1-3H3. The number of esters is 1. The van der Waals surface area contributed by atoms with Gasteiger partial charge in [-0.1, -0.05) is 6.92 Å². The fourth-order valence-corrected chi connectivity index (χ4v) is 1.19. The van der Waals surface area contributed by atoms with Crippen molar-refractivity contribution in [2.75, 3.05) is 0 Å².